The molecule has 1 aromatic rings. The molecule has 0 aliphatic heterocycles. The summed E-state index contributed by atoms with van der Waals surface area (Å²) in [5.41, 5.74) is 2.65. The van der Waals surface area contributed by atoms with Gasteiger partial charge >= 0.3 is 6.18 Å². The monoisotopic (exact) mass is 264 g/mol. The van der Waals surface area contributed by atoms with E-state index in [-0.39, 0.29) is 17.6 Å². The van der Waals surface area contributed by atoms with Crippen molar-refractivity contribution in [1.82, 2.24) is 9.97 Å². The van der Waals surface area contributed by atoms with Gasteiger partial charge in [-0.2, -0.15) is 18.2 Å². The highest BCUT2D eigenvalue weighted by atomic mass is 19.4. The summed E-state index contributed by atoms with van der Waals surface area (Å²) >= 11 is 0. The molecule has 0 unspecified atom stereocenters. The van der Waals surface area contributed by atoms with Crippen molar-refractivity contribution in [1.29, 1.82) is 0 Å². The lowest BCUT2D eigenvalue weighted by atomic mass is 10.2. The summed E-state index contributed by atoms with van der Waals surface area (Å²) in [5, 5.41) is 0. The van der Waals surface area contributed by atoms with Gasteiger partial charge in [0.25, 0.3) is 0 Å². The summed E-state index contributed by atoms with van der Waals surface area (Å²) in [6.45, 7) is 3.77. The summed E-state index contributed by atoms with van der Waals surface area (Å²) in [7, 11) is 0. The van der Waals surface area contributed by atoms with Crippen molar-refractivity contribution in [2.75, 3.05) is 12.0 Å². The Balaban J connectivity index is 3.05. The van der Waals surface area contributed by atoms with Crippen molar-refractivity contribution in [3.63, 3.8) is 0 Å². The lowest BCUT2D eigenvalue weighted by molar-refractivity contribution is -0.154. The van der Waals surface area contributed by atoms with Gasteiger partial charge in [-0.1, -0.05) is 13.8 Å². The Morgan fingerprint density at radius 2 is 1.94 bits per heavy atom. The van der Waals surface area contributed by atoms with Crippen molar-refractivity contribution in [2.45, 2.75) is 32.9 Å². The van der Waals surface area contributed by atoms with Gasteiger partial charge in [0, 0.05) is 5.92 Å². The molecule has 0 atom stereocenters. The van der Waals surface area contributed by atoms with Crippen molar-refractivity contribution >= 4 is 5.82 Å². The predicted molar refractivity (Wildman–Crippen MR) is 60.2 cm³/mol. The van der Waals surface area contributed by atoms with E-state index in [2.05, 4.69) is 20.1 Å². The van der Waals surface area contributed by atoms with E-state index in [1.165, 1.54) is 6.92 Å². The summed E-state index contributed by atoms with van der Waals surface area (Å²) < 4.78 is 41.0. The zero-order valence-corrected chi connectivity index (χ0v) is 10.3. The first-order valence-electron chi connectivity index (χ1n) is 5.29. The van der Waals surface area contributed by atoms with Crippen LogP contribution >= 0.6 is 0 Å². The van der Waals surface area contributed by atoms with E-state index in [4.69, 9.17) is 5.84 Å². The van der Waals surface area contributed by atoms with Crippen LogP contribution in [0.25, 0.3) is 0 Å². The van der Waals surface area contributed by atoms with Crippen LogP contribution in [0.4, 0.5) is 19.0 Å². The molecule has 0 aliphatic carbocycles. The van der Waals surface area contributed by atoms with Crippen molar-refractivity contribution in [2.24, 2.45) is 5.84 Å². The number of rotatable bonds is 4. The van der Waals surface area contributed by atoms with Crippen LogP contribution in [0.15, 0.2) is 0 Å². The lowest BCUT2D eigenvalue weighted by Crippen LogP contribution is -2.21. The molecule has 0 spiro atoms. The van der Waals surface area contributed by atoms with Gasteiger partial charge in [-0.05, 0) is 6.92 Å². The fourth-order valence-corrected chi connectivity index (χ4v) is 1.20. The van der Waals surface area contributed by atoms with Gasteiger partial charge in [-0.15, -0.1) is 0 Å². The molecule has 0 saturated carbocycles. The molecular formula is C10H15F3N4O. The zero-order valence-electron chi connectivity index (χ0n) is 10.3. The minimum Gasteiger partial charge on any atom is -0.468 e. The predicted octanol–water partition coefficient (Wildman–Crippen LogP) is 2.14. The maximum absolute atomic E-state index is 12.1. The van der Waals surface area contributed by atoms with Crippen molar-refractivity contribution < 1.29 is 17.9 Å². The van der Waals surface area contributed by atoms with Crippen LogP contribution in [0.3, 0.4) is 0 Å². The molecule has 0 radical (unpaired) electrons. The number of halogens is 3. The van der Waals surface area contributed by atoms with E-state index in [0.29, 0.717) is 11.4 Å². The van der Waals surface area contributed by atoms with E-state index in [1.807, 2.05) is 13.8 Å². The zero-order chi connectivity index (χ0) is 13.9. The van der Waals surface area contributed by atoms with Gasteiger partial charge in [0.05, 0.1) is 5.56 Å². The molecule has 0 saturated heterocycles. The number of anilines is 1. The Morgan fingerprint density at radius 1 is 1.33 bits per heavy atom. The molecule has 18 heavy (non-hydrogen) atoms. The highest BCUT2D eigenvalue weighted by Gasteiger charge is 2.29. The molecule has 0 fully saturated rings. The first kappa shape index (κ1) is 14.5. The maximum atomic E-state index is 12.1. The largest absolute Gasteiger partial charge is 0.468 e. The molecule has 0 amide bonds. The molecule has 8 heteroatoms. The quantitative estimate of drug-likeness (QED) is 0.643. The molecule has 1 rings (SSSR count). The number of hydrogen-bond donors (Lipinski definition) is 2. The van der Waals surface area contributed by atoms with Gasteiger partial charge in [0.2, 0.25) is 5.88 Å². The molecule has 0 aromatic carbocycles. The summed E-state index contributed by atoms with van der Waals surface area (Å²) in [6, 6.07) is 0. The van der Waals surface area contributed by atoms with Crippen LogP contribution in [-0.2, 0) is 0 Å². The van der Waals surface area contributed by atoms with Gasteiger partial charge in [-0.3, -0.25) is 0 Å². The van der Waals surface area contributed by atoms with E-state index in [9.17, 15) is 13.2 Å². The number of alkyl halides is 3. The minimum absolute atomic E-state index is 0.0501. The molecule has 0 bridgehead atoms. The van der Waals surface area contributed by atoms with E-state index < -0.39 is 12.8 Å². The van der Waals surface area contributed by atoms with Gasteiger partial charge in [0.1, 0.15) is 11.6 Å². The molecule has 0 aliphatic rings. The molecule has 1 aromatic heterocycles. The average molecular weight is 264 g/mol. The second-order valence-electron chi connectivity index (χ2n) is 4.06. The maximum Gasteiger partial charge on any atom is 0.422 e. The van der Waals surface area contributed by atoms with E-state index in [1.54, 1.807) is 0 Å². The number of aromatic nitrogens is 2. The summed E-state index contributed by atoms with van der Waals surface area (Å²) in [6.07, 6.45) is -4.41. The molecule has 5 nitrogen and oxygen atoms in total. The van der Waals surface area contributed by atoms with Crippen molar-refractivity contribution in [3.8, 4) is 5.88 Å². The fraction of sp³-hybridized carbons (Fsp3) is 0.600. The van der Waals surface area contributed by atoms with Crippen molar-refractivity contribution in [3.05, 3.63) is 11.4 Å². The molecule has 102 valence electrons. The lowest BCUT2D eigenvalue weighted by Gasteiger charge is -2.15. The highest BCUT2D eigenvalue weighted by molar-refractivity contribution is 5.47. The second-order valence-corrected chi connectivity index (χ2v) is 4.06. The molecule has 1 heterocycles. The van der Waals surface area contributed by atoms with Crippen LogP contribution in [-0.4, -0.2) is 22.8 Å². The minimum atomic E-state index is -4.41. The normalized spacial score (nSPS) is 11.8. The average Bonchev–Trinajstić information content (AvgIpc) is 2.26. The number of nitrogens with two attached hydrogens (primary N) is 1. The topological polar surface area (TPSA) is 73.1 Å². The smallest absolute Gasteiger partial charge is 0.422 e. The number of nitrogens with zero attached hydrogens (tertiary/aromatic N) is 2. The standard InChI is InChI=1S/C10H15F3N4O/c1-5(2)7-15-8(17-14)6(3)9(16-7)18-4-10(11,12)13/h5H,4,14H2,1-3H3,(H,15,16,17). The number of hydrazine groups is 1. The summed E-state index contributed by atoms with van der Waals surface area (Å²) in [4.78, 5) is 8.04. The first-order valence-corrected chi connectivity index (χ1v) is 5.29. The van der Waals surface area contributed by atoms with Crippen LogP contribution in [0, 0.1) is 6.92 Å². The second kappa shape index (κ2) is 5.38. The SMILES string of the molecule is Cc1c(NN)nc(C(C)C)nc1OCC(F)(F)F. The van der Waals surface area contributed by atoms with Crippen LogP contribution in [0.1, 0.15) is 31.2 Å². The van der Waals surface area contributed by atoms with Gasteiger partial charge < -0.3 is 10.2 Å². The van der Waals surface area contributed by atoms with E-state index in [0.717, 1.165) is 0 Å². The third-order valence-corrected chi connectivity index (χ3v) is 2.14. The number of nitrogen functional groups attached to an aromatic ring is 1. The Bertz CT molecular complexity index is 420. The number of ether oxygens (including phenoxy) is 1. The van der Waals surface area contributed by atoms with E-state index >= 15 is 0 Å². The Labute approximate surface area is 103 Å². The third kappa shape index (κ3) is 3.73. The van der Waals surface area contributed by atoms with Gasteiger partial charge in [0.15, 0.2) is 6.61 Å². The molecular weight excluding hydrogens is 249 g/mol. The highest BCUT2D eigenvalue weighted by Crippen LogP contribution is 2.26. The number of hydrogen-bond acceptors (Lipinski definition) is 5. The molecule has 3 N–H and O–H groups in total. The summed E-state index contributed by atoms with van der Waals surface area (Å²) in [5.74, 6) is 5.71. The van der Waals surface area contributed by atoms with Crippen LogP contribution < -0.4 is 16.0 Å². The number of nitrogens with one attached hydrogen (secondary N) is 1. The van der Waals surface area contributed by atoms with Gasteiger partial charge in [-0.25, -0.2) is 10.8 Å². The fourth-order valence-electron chi connectivity index (χ4n) is 1.20. The van der Waals surface area contributed by atoms with Crippen LogP contribution in [0.2, 0.25) is 0 Å². The third-order valence-electron chi connectivity index (χ3n) is 2.14. The van der Waals surface area contributed by atoms with Crippen LogP contribution in [0.5, 0.6) is 5.88 Å². The Kier molecular flexibility index (Phi) is 4.33. The Morgan fingerprint density at radius 3 is 2.39 bits per heavy atom. The first-order chi connectivity index (χ1) is 8.24. The Hall–Kier alpha value is -1.57.